The van der Waals surface area contributed by atoms with Crippen LogP contribution < -0.4 is 10.6 Å². The second-order valence-corrected chi connectivity index (χ2v) is 5.94. The molecule has 0 aromatic heterocycles. The number of carbonyl (C=O) groups is 1. The molecule has 1 fully saturated rings. The molecular formula is C14H21ClN2OS. The molecule has 106 valence electrons. The van der Waals surface area contributed by atoms with Gasteiger partial charge in [-0.05, 0) is 32.0 Å². The number of likely N-dealkylation sites (N-methyl/N-ethyl adjacent to an activating group) is 1. The molecule has 1 aliphatic carbocycles. The summed E-state index contributed by atoms with van der Waals surface area (Å²) in [5, 5.41) is 6.54. The summed E-state index contributed by atoms with van der Waals surface area (Å²) >= 11 is 1.90. The fourth-order valence-electron chi connectivity index (χ4n) is 2.21. The first-order valence-electron chi connectivity index (χ1n) is 6.49. The van der Waals surface area contributed by atoms with Gasteiger partial charge in [-0.15, -0.1) is 24.2 Å². The first-order chi connectivity index (χ1) is 8.79. The third kappa shape index (κ3) is 5.05. The van der Waals surface area contributed by atoms with Gasteiger partial charge in [-0.2, -0.15) is 0 Å². The molecule has 0 aliphatic heterocycles. The van der Waals surface area contributed by atoms with Gasteiger partial charge in [-0.3, -0.25) is 4.79 Å². The fourth-order valence-corrected chi connectivity index (χ4v) is 3.54. The molecule has 5 heteroatoms. The molecule has 1 aromatic rings. The smallest absolute Gasteiger partial charge is 0.238 e. The maximum Gasteiger partial charge on any atom is 0.238 e. The number of hydrogen-bond acceptors (Lipinski definition) is 3. The van der Waals surface area contributed by atoms with Gasteiger partial charge < -0.3 is 10.6 Å². The minimum Gasteiger partial charge on any atom is -0.324 e. The Balaban J connectivity index is 0.00000180. The Morgan fingerprint density at radius 1 is 1.32 bits per heavy atom. The number of benzene rings is 1. The zero-order valence-corrected chi connectivity index (χ0v) is 12.8. The second-order valence-electron chi connectivity index (χ2n) is 4.60. The summed E-state index contributed by atoms with van der Waals surface area (Å²) in [7, 11) is 1.78. The van der Waals surface area contributed by atoms with Crippen molar-refractivity contribution in [2.24, 2.45) is 0 Å². The van der Waals surface area contributed by atoms with Crippen LogP contribution in [-0.2, 0) is 4.79 Å². The van der Waals surface area contributed by atoms with E-state index in [0.29, 0.717) is 11.8 Å². The van der Waals surface area contributed by atoms with Crippen LogP contribution in [0.4, 0.5) is 5.69 Å². The third-order valence-corrected chi connectivity index (χ3v) is 4.51. The number of hydrogen-bond donors (Lipinski definition) is 2. The fraction of sp³-hybridized carbons (Fsp3) is 0.500. The molecule has 1 aromatic carbocycles. The average Bonchev–Trinajstić information content (AvgIpc) is 2.85. The van der Waals surface area contributed by atoms with Crippen LogP contribution in [0.5, 0.6) is 0 Å². The summed E-state index contributed by atoms with van der Waals surface area (Å²) in [6.07, 6.45) is 5.27. The summed E-state index contributed by atoms with van der Waals surface area (Å²) in [5.74, 6) is 0.0111. The van der Waals surface area contributed by atoms with Crippen LogP contribution in [0, 0.1) is 0 Å². The monoisotopic (exact) mass is 300 g/mol. The first kappa shape index (κ1) is 16.3. The molecule has 0 unspecified atom stereocenters. The largest absolute Gasteiger partial charge is 0.324 e. The SMILES string of the molecule is CNCC(=O)Nc1ccccc1SC1CCCC1.Cl. The van der Waals surface area contributed by atoms with Crippen molar-refractivity contribution >= 4 is 35.8 Å². The number of thioether (sulfide) groups is 1. The van der Waals surface area contributed by atoms with E-state index in [1.54, 1.807) is 7.05 Å². The van der Waals surface area contributed by atoms with Crippen molar-refractivity contribution in [3.8, 4) is 0 Å². The number of rotatable bonds is 5. The van der Waals surface area contributed by atoms with Crippen LogP contribution in [0.3, 0.4) is 0 Å². The van der Waals surface area contributed by atoms with Gasteiger partial charge in [0.25, 0.3) is 0 Å². The molecule has 0 saturated heterocycles. The topological polar surface area (TPSA) is 41.1 Å². The van der Waals surface area contributed by atoms with Gasteiger partial charge in [0.2, 0.25) is 5.91 Å². The lowest BCUT2D eigenvalue weighted by Crippen LogP contribution is -2.25. The van der Waals surface area contributed by atoms with Gasteiger partial charge in [0.05, 0.1) is 12.2 Å². The maximum absolute atomic E-state index is 11.6. The molecule has 1 saturated carbocycles. The van der Waals surface area contributed by atoms with Gasteiger partial charge in [0.15, 0.2) is 0 Å². The van der Waals surface area contributed by atoms with E-state index in [1.807, 2.05) is 30.0 Å². The van der Waals surface area contributed by atoms with E-state index in [0.717, 1.165) is 5.69 Å². The maximum atomic E-state index is 11.6. The molecule has 3 nitrogen and oxygen atoms in total. The Morgan fingerprint density at radius 3 is 2.68 bits per heavy atom. The zero-order chi connectivity index (χ0) is 12.8. The van der Waals surface area contributed by atoms with Crippen molar-refractivity contribution in [1.29, 1.82) is 0 Å². The van der Waals surface area contributed by atoms with Crippen molar-refractivity contribution in [2.75, 3.05) is 18.9 Å². The molecule has 1 aliphatic rings. The van der Waals surface area contributed by atoms with Crippen LogP contribution in [-0.4, -0.2) is 24.7 Å². The first-order valence-corrected chi connectivity index (χ1v) is 7.37. The summed E-state index contributed by atoms with van der Waals surface area (Å²) in [6.45, 7) is 0.350. The van der Waals surface area contributed by atoms with Crippen molar-refractivity contribution in [3.05, 3.63) is 24.3 Å². The van der Waals surface area contributed by atoms with Gasteiger partial charge in [0.1, 0.15) is 0 Å². The summed E-state index contributed by atoms with van der Waals surface area (Å²) in [5.41, 5.74) is 0.939. The zero-order valence-electron chi connectivity index (χ0n) is 11.1. The van der Waals surface area contributed by atoms with E-state index in [4.69, 9.17) is 0 Å². The molecule has 0 spiro atoms. The number of anilines is 1. The van der Waals surface area contributed by atoms with Gasteiger partial charge in [0, 0.05) is 10.1 Å². The highest BCUT2D eigenvalue weighted by Crippen LogP contribution is 2.37. The van der Waals surface area contributed by atoms with Crippen LogP contribution in [0.25, 0.3) is 0 Å². The van der Waals surface area contributed by atoms with Crippen molar-refractivity contribution in [3.63, 3.8) is 0 Å². The molecule has 0 bridgehead atoms. The van der Waals surface area contributed by atoms with E-state index in [2.05, 4.69) is 16.7 Å². The van der Waals surface area contributed by atoms with E-state index in [1.165, 1.54) is 30.6 Å². The Labute approximate surface area is 125 Å². The Morgan fingerprint density at radius 2 is 2.00 bits per heavy atom. The predicted octanol–water partition coefficient (Wildman–Crippen LogP) is 3.30. The molecular weight excluding hydrogens is 280 g/mol. The lowest BCUT2D eigenvalue weighted by molar-refractivity contribution is -0.115. The summed E-state index contributed by atoms with van der Waals surface area (Å²) in [4.78, 5) is 12.8. The van der Waals surface area contributed by atoms with Crippen LogP contribution >= 0.6 is 24.2 Å². The Kier molecular flexibility index (Phi) is 7.28. The van der Waals surface area contributed by atoms with E-state index >= 15 is 0 Å². The molecule has 2 rings (SSSR count). The number of nitrogens with one attached hydrogen (secondary N) is 2. The number of halogens is 1. The quantitative estimate of drug-likeness (QED) is 0.876. The number of carbonyl (C=O) groups excluding carboxylic acids is 1. The standard InChI is InChI=1S/C14H20N2OS.ClH/c1-15-10-14(17)16-12-8-4-5-9-13(12)18-11-6-2-3-7-11;/h4-5,8-9,11,15H,2-3,6-7,10H2,1H3,(H,16,17);1H. The van der Waals surface area contributed by atoms with Gasteiger partial charge in [-0.25, -0.2) is 0 Å². The molecule has 0 heterocycles. The average molecular weight is 301 g/mol. The van der Waals surface area contributed by atoms with Crippen LogP contribution in [0.1, 0.15) is 25.7 Å². The van der Waals surface area contributed by atoms with Gasteiger partial charge >= 0.3 is 0 Å². The van der Waals surface area contributed by atoms with Crippen molar-refractivity contribution < 1.29 is 4.79 Å². The Hall–Kier alpha value is -0.710. The minimum absolute atomic E-state index is 0. The molecule has 1 amide bonds. The molecule has 0 radical (unpaired) electrons. The highest BCUT2D eigenvalue weighted by molar-refractivity contribution is 8.00. The lowest BCUT2D eigenvalue weighted by Gasteiger charge is -2.13. The highest BCUT2D eigenvalue weighted by atomic mass is 35.5. The van der Waals surface area contributed by atoms with Crippen molar-refractivity contribution in [1.82, 2.24) is 5.32 Å². The van der Waals surface area contributed by atoms with Crippen molar-refractivity contribution in [2.45, 2.75) is 35.8 Å². The normalized spacial score (nSPS) is 15.0. The number of amides is 1. The van der Waals surface area contributed by atoms with E-state index in [-0.39, 0.29) is 18.3 Å². The summed E-state index contributed by atoms with van der Waals surface area (Å²) in [6, 6.07) is 8.07. The minimum atomic E-state index is 0. The second kappa shape index (κ2) is 8.46. The predicted molar refractivity (Wildman–Crippen MR) is 84.4 cm³/mol. The molecule has 19 heavy (non-hydrogen) atoms. The summed E-state index contributed by atoms with van der Waals surface area (Å²) < 4.78 is 0. The number of para-hydroxylation sites is 1. The van der Waals surface area contributed by atoms with Crippen LogP contribution in [0.2, 0.25) is 0 Å². The molecule has 0 atom stereocenters. The third-order valence-electron chi connectivity index (χ3n) is 3.09. The molecule has 2 N–H and O–H groups in total. The van der Waals surface area contributed by atoms with E-state index < -0.39 is 0 Å². The van der Waals surface area contributed by atoms with Gasteiger partial charge in [-0.1, -0.05) is 25.0 Å². The Bertz CT molecular complexity index is 408. The highest BCUT2D eigenvalue weighted by Gasteiger charge is 2.17. The van der Waals surface area contributed by atoms with E-state index in [9.17, 15) is 4.79 Å². The lowest BCUT2D eigenvalue weighted by atomic mass is 10.3. The van der Waals surface area contributed by atoms with Crippen LogP contribution in [0.15, 0.2) is 29.2 Å².